The summed E-state index contributed by atoms with van der Waals surface area (Å²) >= 11 is 7.82. The number of benzene rings is 2. The maximum Gasteiger partial charge on any atom is 0.257 e. The van der Waals surface area contributed by atoms with Gasteiger partial charge in [0.25, 0.3) is 5.91 Å². The Morgan fingerprint density at radius 2 is 2.03 bits per heavy atom. The van der Waals surface area contributed by atoms with Gasteiger partial charge >= 0.3 is 0 Å². The number of carbonyl (C=O) groups excluding carboxylic acids is 2. The highest BCUT2D eigenvalue weighted by molar-refractivity contribution is 7.10. The molecule has 9 heteroatoms. The van der Waals surface area contributed by atoms with Gasteiger partial charge < -0.3 is 19.3 Å². The van der Waals surface area contributed by atoms with Crippen molar-refractivity contribution < 1.29 is 23.5 Å². The van der Waals surface area contributed by atoms with E-state index >= 15 is 0 Å². The number of methoxy groups -OCH3 is 1. The molecule has 1 aliphatic rings. The molecule has 1 aliphatic heterocycles. The summed E-state index contributed by atoms with van der Waals surface area (Å²) < 4.78 is 25.6. The zero-order valence-corrected chi connectivity index (χ0v) is 22.5. The molecule has 1 aromatic heterocycles. The van der Waals surface area contributed by atoms with Crippen LogP contribution in [0.4, 0.5) is 4.39 Å². The van der Waals surface area contributed by atoms with Crippen molar-refractivity contribution in [2.45, 2.75) is 25.8 Å². The summed E-state index contributed by atoms with van der Waals surface area (Å²) in [4.78, 5) is 31.3. The third-order valence-corrected chi connectivity index (χ3v) is 7.87. The van der Waals surface area contributed by atoms with E-state index in [1.807, 2.05) is 30.5 Å². The highest BCUT2D eigenvalue weighted by atomic mass is 35.5. The molecule has 37 heavy (non-hydrogen) atoms. The molecule has 1 unspecified atom stereocenters. The third-order valence-electron chi connectivity index (χ3n) is 6.45. The molecule has 0 spiro atoms. The molecular weight excluding hydrogens is 515 g/mol. The molecule has 196 valence electrons. The first-order valence-corrected chi connectivity index (χ1v) is 13.4. The Kier molecular flexibility index (Phi) is 9.18. The molecule has 0 saturated heterocycles. The van der Waals surface area contributed by atoms with E-state index in [-0.39, 0.29) is 37.2 Å². The Labute approximate surface area is 225 Å². The molecule has 2 aromatic carbocycles. The Hall–Kier alpha value is -2.94. The van der Waals surface area contributed by atoms with Crippen molar-refractivity contribution in [2.75, 3.05) is 40.0 Å². The molecular formula is C28H30ClFN2O4S. The van der Waals surface area contributed by atoms with Crippen molar-refractivity contribution in [2.24, 2.45) is 0 Å². The Bertz CT molecular complexity index is 1250. The second-order valence-corrected chi connectivity index (χ2v) is 10.3. The lowest BCUT2D eigenvalue weighted by Gasteiger charge is -2.37. The van der Waals surface area contributed by atoms with E-state index in [1.165, 1.54) is 28.0 Å². The summed E-state index contributed by atoms with van der Waals surface area (Å²) in [6.07, 6.45) is 1.27. The van der Waals surface area contributed by atoms with Crippen LogP contribution in [-0.4, -0.2) is 61.6 Å². The van der Waals surface area contributed by atoms with E-state index in [4.69, 9.17) is 21.1 Å². The largest absolute Gasteiger partial charge is 0.491 e. The smallest absolute Gasteiger partial charge is 0.257 e. The van der Waals surface area contributed by atoms with Crippen LogP contribution < -0.4 is 4.74 Å². The maximum absolute atomic E-state index is 14.4. The van der Waals surface area contributed by atoms with Gasteiger partial charge in [-0.05, 0) is 72.7 Å². The molecule has 0 radical (unpaired) electrons. The van der Waals surface area contributed by atoms with Gasteiger partial charge in [-0.3, -0.25) is 9.59 Å². The summed E-state index contributed by atoms with van der Waals surface area (Å²) in [6, 6.07) is 13.0. The number of amides is 2. The monoisotopic (exact) mass is 544 g/mol. The number of thiophene rings is 1. The van der Waals surface area contributed by atoms with Gasteiger partial charge in [-0.1, -0.05) is 23.7 Å². The van der Waals surface area contributed by atoms with E-state index in [0.29, 0.717) is 30.3 Å². The predicted octanol–water partition coefficient (Wildman–Crippen LogP) is 5.53. The third kappa shape index (κ3) is 6.50. The fourth-order valence-corrected chi connectivity index (χ4v) is 5.51. The Morgan fingerprint density at radius 3 is 2.78 bits per heavy atom. The van der Waals surface area contributed by atoms with Gasteiger partial charge in [0, 0.05) is 36.7 Å². The van der Waals surface area contributed by atoms with Crippen molar-refractivity contribution in [3.8, 4) is 5.75 Å². The second kappa shape index (κ2) is 12.5. The Morgan fingerprint density at radius 1 is 1.22 bits per heavy atom. The van der Waals surface area contributed by atoms with E-state index in [1.54, 1.807) is 35.5 Å². The number of ether oxygens (including phenoxy) is 2. The van der Waals surface area contributed by atoms with Crippen molar-refractivity contribution >= 4 is 34.8 Å². The molecule has 0 bridgehead atoms. The van der Waals surface area contributed by atoms with Crippen molar-refractivity contribution in [3.05, 3.63) is 86.3 Å². The average molecular weight is 545 g/mol. The fourth-order valence-electron chi connectivity index (χ4n) is 4.47. The first-order chi connectivity index (χ1) is 17.9. The molecule has 0 N–H and O–H groups in total. The quantitative estimate of drug-likeness (QED) is 0.315. The Balaban J connectivity index is 1.53. The van der Waals surface area contributed by atoms with Gasteiger partial charge in [0.15, 0.2) is 0 Å². The minimum Gasteiger partial charge on any atom is -0.491 e. The van der Waals surface area contributed by atoms with Gasteiger partial charge in [-0.15, -0.1) is 11.3 Å². The van der Waals surface area contributed by atoms with Crippen LogP contribution in [0.1, 0.15) is 38.8 Å². The minimum absolute atomic E-state index is 0.0514. The number of hydrogen-bond acceptors (Lipinski definition) is 5. The van der Waals surface area contributed by atoms with E-state index < -0.39 is 11.7 Å². The number of hydrogen-bond donors (Lipinski definition) is 0. The minimum atomic E-state index is -0.609. The van der Waals surface area contributed by atoms with Crippen LogP contribution in [0.15, 0.2) is 53.9 Å². The lowest BCUT2D eigenvalue weighted by atomic mass is 10.00. The number of fused-ring (bicyclic) bond motifs is 1. The van der Waals surface area contributed by atoms with Crippen LogP contribution in [0.5, 0.6) is 5.75 Å². The number of halogens is 2. The van der Waals surface area contributed by atoms with Crippen molar-refractivity contribution in [3.63, 3.8) is 0 Å². The summed E-state index contributed by atoms with van der Waals surface area (Å²) in [7, 11) is 1.58. The van der Waals surface area contributed by atoms with Crippen molar-refractivity contribution in [1.82, 2.24) is 9.80 Å². The normalized spacial score (nSPS) is 14.8. The standard InChI is InChI=1S/C28H30ClFN2O4S/c1-19-16-20(8-9-23(19)29)36-18-25-22-11-15-37-26(22)10-13-32(25)27(33)17-31(12-5-14-35-2)28(34)21-6-3-4-7-24(21)30/h3-4,6-9,11,15-16,25H,5,10,12-14,17-18H2,1-2H3. The number of aryl methyl sites for hydroxylation is 1. The summed E-state index contributed by atoms with van der Waals surface area (Å²) in [5, 5.41) is 2.69. The molecule has 0 fully saturated rings. The highest BCUT2D eigenvalue weighted by Crippen LogP contribution is 2.34. The van der Waals surface area contributed by atoms with Crippen LogP contribution in [0, 0.1) is 12.7 Å². The van der Waals surface area contributed by atoms with Gasteiger partial charge in [0.2, 0.25) is 5.91 Å². The molecule has 4 rings (SSSR count). The zero-order valence-electron chi connectivity index (χ0n) is 20.9. The van der Waals surface area contributed by atoms with Gasteiger partial charge in [0.05, 0.1) is 11.6 Å². The molecule has 2 heterocycles. The van der Waals surface area contributed by atoms with Gasteiger partial charge in [-0.2, -0.15) is 0 Å². The molecule has 6 nitrogen and oxygen atoms in total. The van der Waals surface area contributed by atoms with Crippen LogP contribution in [0.25, 0.3) is 0 Å². The lowest BCUT2D eigenvalue weighted by molar-refractivity contribution is -0.135. The van der Waals surface area contributed by atoms with Crippen LogP contribution in [-0.2, 0) is 16.0 Å². The van der Waals surface area contributed by atoms with Gasteiger partial charge in [-0.25, -0.2) is 4.39 Å². The SMILES string of the molecule is COCCCN(CC(=O)N1CCc2sccc2C1COc1ccc(Cl)c(C)c1)C(=O)c1ccccc1F. The van der Waals surface area contributed by atoms with Crippen LogP contribution in [0.2, 0.25) is 5.02 Å². The molecule has 0 saturated carbocycles. The number of nitrogens with zero attached hydrogens (tertiary/aromatic N) is 2. The van der Waals surface area contributed by atoms with Crippen molar-refractivity contribution in [1.29, 1.82) is 0 Å². The zero-order chi connectivity index (χ0) is 26.4. The second-order valence-electron chi connectivity index (χ2n) is 8.93. The average Bonchev–Trinajstić information content (AvgIpc) is 3.38. The summed E-state index contributed by atoms with van der Waals surface area (Å²) in [5.74, 6) is -0.658. The predicted molar refractivity (Wildman–Crippen MR) is 143 cm³/mol. The summed E-state index contributed by atoms with van der Waals surface area (Å²) in [5.41, 5.74) is 1.91. The van der Waals surface area contributed by atoms with Crippen LogP contribution >= 0.6 is 22.9 Å². The number of rotatable bonds is 10. The fraction of sp³-hybridized carbons (Fsp3) is 0.357. The highest BCUT2D eigenvalue weighted by Gasteiger charge is 2.34. The van der Waals surface area contributed by atoms with Crippen LogP contribution in [0.3, 0.4) is 0 Å². The van der Waals surface area contributed by atoms with Gasteiger partial charge in [0.1, 0.15) is 24.7 Å². The molecule has 2 amide bonds. The first-order valence-electron chi connectivity index (χ1n) is 12.2. The molecule has 3 aromatic rings. The van der Waals surface area contributed by atoms with E-state index in [0.717, 1.165) is 17.5 Å². The summed E-state index contributed by atoms with van der Waals surface area (Å²) in [6.45, 7) is 3.23. The van der Waals surface area contributed by atoms with E-state index in [9.17, 15) is 14.0 Å². The van der Waals surface area contributed by atoms with E-state index in [2.05, 4.69) is 0 Å². The number of carbonyl (C=O) groups is 2. The lowest BCUT2D eigenvalue weighted by Crippen LogP contribution is -2.48. The molecule has 1 atom stereocenters. The first kappa shape index (κ1) is 27.1. The topological polar surface area (TPSA) is 59.1 Å². The molecule has 0 aliphatic carbocycles. The maximum atomic E-state index is 14.4.